The predicted octanol–water partition coefficient (Wildman–Crippen LogP) is 4.90. The van der Waals surface area contributed by atoms with Gasteiger partial charge in [-0.25, -0.2) is 14.0 Å². The van der Waals surface area contributed by atoms with Crippen molar-refractivity contribution in [1.29, 1.82) is 0 Å². The molecular formula is C29H42FN3O6. The van der Waals surface area contributed by atoms with Crippen LogP contribution in [0, 0.1) is 23.6 Å². The van der Waals surface area contributed by atoms with Gasteiger partial charge < -0.3 is 25.0 Å². The van der Waals surface area contributed by atoms with E-state index in [0.29, 0.717) is 25.8 Å². The van der Waals surface area contributed by atoms with Crippen molar-refractivity contribution in [3.05, 3.63) is 29.6 Å². The summed E-state index contributed by atoms with van der Waals surface area (Å²) in [6.45, 7) is 9.90. The van der Waals surface area contributed by atoms with Gasteiger partial charge in [0, 0.05) is 18.5 Å². The smallest absolute Gasteiger partial charge is 0.407 e. The molecule has 1 aliphatic carbocycles. The Labute approximate surface area is 230 Å². The average molecular weight is 548 g/mol. The maximum absolute atomic E-state index is 14.6. The van der Waals surface area contributed by atoms with Gasteiger partial charge in [0.25, 0.3) is 0 Å². The first-order chi connectivity index (χ1) is 18.3. The van der Waals surface area contributed by atoms with Crippen LogP contribution in [-0.2, 0) is 19.1 Å². The van der Waals surface area contributed by atoms with Gasteiger partial charge in [-0.2, -0.15) is 0 Å². The van der Waals surface area contributed by atoms with Gasteiger partial charge in [-0.05, 0) is 89.3 Å². The minimum Gasteiger partial charge on any atom is -0.465 e. The second kappa shape index (κ2) is 12.8. The van der Waals surface area contributed by atoms with Crippen molar-refractivity contribution in [2.45, 2.75) is 90.8 Å². The van der Waals surface area contributed by atoms with E-state index >= 15 is 0 Å². The molecular weight excluding hydrogens is 505 g/mol. The Morgan fingerprint density at radius 3 is 2.33 bits per heavy atom. The summed E-state index contributed by atoms with van der Waals surface area (Å²) >= 11 is 0. The number of methoxy groups -OCH3 is 1. The van der Waals surface area contributed by atoms with E-state index in [-0.39, 0.29) is 41.0 Å². The Morgan fingerprint density at radius 1 is 1.10 bits per heavy atom. The number of nitrogens with one attached hydrogen (secondary N) is 2. The van der Waals surface area contributed by atoms with Gasteiger partial charge in [-0.3, -0.25) is 9.59 Å². The first-order valence-corrected chi connectivity index (χ1v) is 13.8. The van der Waals surface area contributed by atoms with Gasteiger partial charge in [-0.1, -0.05) is 13.8 Å². The number of ether oxygens (including phenoxy) is 2. The minimum absolute atomic E-state index is 0.0262. The first-order valence-electron chi connectivity index (χ1n) is 13.8. The Kier molecular flexibility index (Phi) is 9.96. The lowest BCUT2D eigenvalue weighted by Gasteiger charge is -2.36. The molecule has 216 valence electrons. The fourth-order valence-electron chi connectivity index (χ4n) is 5.68. The van der Waals surface area contributed by atoms with Gasteiger partial charge in [0.15, 0.2) is 0 Å². The highest BCUT2D eigenvalue weighted by atomic mass is 19.1. The molecule has 2 fully saturated rings. The fourth-order valence-corrected chi connectivity index (χ4v) is 5.68. The van der Waals surface area contributed by atoms with Crippen LogP contribution < -0.4 is 10.6 Å². The van der Waals surface area contributed by atoms with Crippen LogP contribution in [-0.4, -0.2) is 60.1 Å². The summed E-state index contributed by atoms with van der Waals surface area (Å²) < 4.78 is 24.6. The number of carbonyl (C=O) groups is 4. The van der Waals surface area contributed by atoms with Crippen LogP contribution in [0.4, 0.5) is 14.9 Å². The van der Waals surface area contributed by atoms with E-state index in [1.54, 1.807) is 4.90 Å². The molecule has 3 rings (SSSR count). The Bertz CT molecular complexity index is 1060. The lowest BCUT2D eigenvalue weighted by atomic mass is 9.77. The zero-order valence-corrected chi connectivity index (χ0v) is 23.8. The van der Waals surface area contributed by atoms with Crippen LogP contribution in [0.25, 0.3) is 0 Å². The van der Waals surface area contributed by atoms with Crippen LogP contribution in [0.1, 0.15) is 83.5 Å². The van der Waals surface area contributed by atoms with E-state index in [4.69, 9.17) is 4.74 Å². The summed E-state index contributed by atoms with van der Waals surface area (Å²) in [5, 5.41) is 5.60. The predicted molar refractivity (Wildman–Crippen MR) is 145 cm³/mol. The molecule has 1 saturated heterocycles. The topological polar surface area (TPSA) is 114 Å². The van der Waals surface area contributed by atoms with Gasteiger partial charge in [0.1, 0.15) is 17.5 Å². The number of rotatable bonds is 7. The highest BCUT2D eigenvalue weighted by Crippen LogP contribution is 2.35. The molecule has 1 aliphatic heterocycles. The van der Waals surface area contributed by atoms with E-state index in [9.17, 15) is 23.6 Å². The number of hydrogen-bond donors (Lipinski definition) is 2. The number of likely N-dealkylation sites (tertiary alicyclic amines) is 1. The van der Waals surface area contributed by atoms with Gasteiger partial charge >= 0.3 is 12.1 Å². The molecule has 3 amide bonds. The molecule has 10 heteroatoms. The third-order valence-corrected chi connectivity index (χ3v) is 7.73. The zero-order chi connectivity index (χ0) is 28.9. The summed E-state index contributed by atoms with van der Waals surface area (Å²) in [4.78, 5) is 52.3. The number of amides is 3. The van der Waals surface area contributed by atoms with Crippen molar-refractivity contribution in [1.82, 2.24) is 10.2 Å². The molecule has 1 saturated carbocycles. The first kappa shape index (κ1) is 30.4. The SMILES string of the molecule is CCC(NC(=O)OC(C)(C)C)[C@H]1CC[C@H](C(=O)N2CC[C@H](C)[C@H]2C(=O)Nc2ccc(C(=O)OC)cc2F)CC1. The van der Waals surface area contributed by atoms with Crippen molar-refractivity contribution in [2.75, 3.05) is 19.0 Å². The number of hydrogen-bond acceptors (Lipinski definition) is 6. The van der Waals surface area contributed by atoms with Crippen molar-refractivity contribution in [3.63, 3.8) is 0 Å². The number of esters is 1. The summed E-state index contributed by atoms with van der Waals surface area (Å²) in [6.07, 6.45) is 3.97. The lowest BCUT2D eigenvalue weighted by Crippen LogP contribution is -2.49. The normalized spacial score (nSPS) is 24.0. The molecule has 1 aromatic rings. The van der Waals surface area contributed by atoms with Crippen molar-refractivity contribution < 1.29 is 33.0 Å². The second-order valence-electron chi connectivity index (χ2n) is 11.7. The molecule has 39 heavy (non-hydrogen) atoms. The van der Waals surface area contributed by atoms with Crippen molar-refractivity contribution >= 4 is 29.6 Å². The number of alkyl carbamates (subject to hydrolysis) is 1. The quantitative estimate of drug-likeness (QED) is 0.470. The van der Waals surface area contributed by atoms with E-state index in [0.717, 1.165) is 25.3 Å². The van der Waals surface area contributed by atoms with Crippen LogP contribution in [0.5, 0.6) is 0 Å². The monoisotopic (exact) mass is 547 g/mol. The molecule has 1 heterocycles. The summed E-state index contributed by atoms with van der Waals surface area (Å²) in [5.41, 5.74) is -0.579. The molecule has 3 atom stereocenters. The number of benzene rings is 1. The highest BCUT2D eigenvalue weighted by Gasteiger charge is 2.43. The Balaban J connectivity index is 1.60. The molecule has 0 radical (unpaired) electrons. The number of nitrogens with zero attached hydrogens (tertiary/aromatic N) is 1. The number of halogens is 1. The number of anilines is 1. The molecule has 0 spiro atoms. The van der Waals surface area contributed by atoms with Gasteiger partial charge in [0.05, 0.1) is 18.4 Å². The molecule has 2 aliphatic rings. The van der Waals surface area contributed by atoms with E-state index in [1.165, 1.54) is 19.2 Å². The molecule has 1 aromatic carbocycles. The average Bonchev–Trinajstić information content (AvgIpc) is 3.27. The van der Waals surface area contributed by atoms with Crippen LogP contribution in [0.2, 0.25) is 0 Å². The molecule has 2 N–H and O–H groups in total. The minimum atomic E-state index is -0.751. The summed E-state index contributed by atoms with van der Waals surface area (Å²) in [6, 6.07) is 2.99. The van der Waals surface area contributed by atoms with Crippen LogP contribution in [0.15, 0.2) is 18.2 Å². The third-order valence-electron chi connectivity index (χ3n) is 7.73. The van der Waals surface area contributed by atoms with E-state index in [1.807, 2.05) is 34.6 Å². The van der Waals surface area contributed by atoms with Gasteiger partial charge in [0.2, 0.25) is 11.8 Å². The highest BCUT2D eigenvalue weighted by molar-refractivity contribution is 5.98. The standard InChI is InChI=1S/C29H42FN3O6/c1-7-22(32-28(37)39-29(3,4)5)18-8-10-19(11-9-18)26(35)33-15-14-17(2)24(33)25(34)31-23-13-12-20(16-21(23)30)27(36)38-6/h12-13,16-19,22,24H,7-11,14-15H2,1-6H3,(H,31,34)(H,32,37)/t17-,18-,19-,22?,24-/m0/s1. The fraction of sp³-hybridized carbons (Fsp3) is 0.655. The Hall–Kier alpha value is -3.17. The molecule has 0 bridgehead atoms. The molecule has 1 unspecified atom stereocenters. The largest absolute Gasteiger partial charge is 0.465 e. The van der Waals surface area contributed by atoms with Gasteiger partial charge in [-0.15, -0.1) is 0 Å². The van der Waals surface area contributed by atoms with Crippen LogP contribution >= 0.6 is 0 Å². The molecule has 9 nitrogen and oxygen atoms in total. The zero-order valence-electron chi connectivity index (χ0n) is 23.8. The molecule has 0 aromatic heterocycles. The number of carbonyl (C=O) groups excluding carboxylic acids is 4. The van der Waals surface area contributed by atoms with Crippen LogP contribution in [0.3, 0.4) is 0 Å². The summed E-state index contributed by atoms with van der Waals surface area (Å²) in [7, 11) is 1.21. The van der Waals surface area contributed by atoms with Crippen molar-refractivity contribution in [2.24, 2.45) is 17.8 Å². The van der Waals surface area contributed by atoms with E-state index in [2.05, 4.69) is 15.4 Å². The lowest BCUT2D eigenvalue weighted by molar-refractivity contribution is -0.142. The maximum atomic E-state index is 14.6. The second-order valence-corrected chi connectivity index (χ2v) is 11.7. The Morgan fingerprint density at radius 2 is 1.77 bits per heavy atom. The third kappa shape index (κ3) is 7.70. The van der Waals surface area contributed by atoms with Crippen molar-refractivity contribution in [3.8, 4) is 0 Å². The van der Waals surface area contributed by atoms with E-state index < -0.39 is 35.4 Å². The summed E-state index contributed by atoms with van der Waals surface area (Å²) in [5.74, 6) is -1.94. The maximum Gasteiger partial charge on any atom is 0.407 e.